The van der Waals surface area contributed by atoms with Crippen LogP contribution < -0.4 is 25.6 Å². The zero-order valence-electron chi connectivity index (χ0n) is 34.1. The van der Waals surface area contributed by atoms with E-state index in [-0.39, 0.29) is 48.4 Å². The predicted octanol–water partition coefficient (Wildman–Crippen LogP) is 8.38. The van der Waals surface area contributed by atoms with E-state index in [0.29, 0.717) is 54.8 Å². The number of carbonyl (C=O) groups excluding carboxylic acids is 1. The van der Waals surface area contributed by atoms with E-state index in [4.69, 9.17) is 40.2 Å². The van der Waals surface area contributed by atoms with E-state index >= 15 is 0 Å². The summed E-state index contributed by atoms with van der Waals surface area (Å²) in [5, 5.41) is 32.5. The van der Waals surface area contributed by atoms with Gasteiger partial charge < -0.3 is 34.6 Å². The first-order valence-corrected chi connectivity index (χ1v) is 20.4. The number of pyridine rings is 1. The summed E-state index contributed by atoms with van der Waals surface area (Å²) in [5.41, 5.74) is 2.79. The van der Waals surface area contributed by atoms with Crippen molar-refractivity contribution in [1.82, 2.24) is 20.1 Å². The van der Waals surface area contributed by atoms with Crippen molar-refractivity contribution in [3.05, 3.63) is 83.5 Å². The Morgan fingerprint density at radius 1 is 0.895 bits per heavy atom. The van der Waals surface area contributed by atoms with E-state index in [2.05, 4.69) is 29.4 Å². The molecular weight excluding hydrogens is 721 g/mol. The summed E-state index contributed by atoms with van der Waals surface area (Å²) in [5.74, 6) is 1.86. The van der Waals surface area contributed by atoms with Gasteiger partial charge in [0, 0.05) is 36.9 Å². The van der Waals surface area contributed by atoms with Gasteiger partial charge in [-0.2, -0.15) is 0 Å². The van der Waals surface area contributed by atoms with E-state index in [0.717, 1.165) is 56.3 Å². The van der Waals surface area contributed by atoms with Crippen LogP contribution >= 0.6 is 0 Å². The molecule has 2 amide bonds. The van der Waals surface area contributed by atoms with Gasteiger partial charge in [-0.05, 0) is 106 Å². The summed E-state index contributed by atoms with van der Waals surface area (Å²) in [7, 11) is 0. The van der Waals surface area contributed by atoms with Crippen molar-refractivity contribution in [2.45, 2.75) is 123 Å². The Morgan fingerprint density at radius 2 is 1.67 bits per heavy atom. The second-order valence-corrected chi connectivity index (χ2v) is 16.4. The average Bonchev–Trinajstić information content (AvgIpc) is 3.18. The van der Waals surface area contributed by atoms with Crippen LogP contribution in [0.5, 0.6) is 11.5 Å². The van der Waals surface area contributed by atoms with Crippen LogP contribution in [0.25, 0.3) is 0 Å². The van der Waals surface area contributed by atoms with E-state index in [1.54, 1.807) is 22.9 Å². The number of nitrogens with one attached hydrogen (secondary N) is 5. The van der Waals surface area contributed by atoms with E-state index in [9.17, 15) is 4.79 Å². The van der Waals surface area contributed by atoms with Crippen molar-refractivity contribution < 1.29 is 23.7 Å². The standard InChI is InChI=1S/C44H60N8O5/c1-29-12-10-13-30(2)52(29)42(47)51-28-33(19-22-39(51)46)57-37-21-20-36(34-16-6-7-17-35(34)37)49-43(53)50-40(27-38(45)44(3,4)5)48-31-14-11-15-32(26-31)54-24-25-56-41-18-8-9-23-55-41/h6-7,11,14-17,19,22,26,28-30,36-37,41,45-47H,8-10,12-13,18,20-21,23-25,27H2,1-5H3,(H2,48,49,50,53). The summed E-state index contributed by atoms with van der Waals surface area (Å²) in [6.45, 7) is 11.7. The second-order valence-electron chi connectivity index (χ2n) is 16.4. The number of aliphatic imine (C=N–C) groups is 1. The van der Waals surface area contributed by atoms with Crippen molar-refractivity contribution in [1.29, 1.82) is 16.2 Å². The lowest BCUT2D eigenvalue weighted by Crippen LogP contribution is -2.51. The van der Waals surface area contributed by atoms with Gasteiger partial charge in [-0.15, -0.1) is 0 Å². The van der Waals surface area contributed by atoms with Crippen molar-refractivity contribution in [2.75, 3.05) is 19.8 Å². The summed E-state index contributed by atoms with van der Waals surface area (Å²) in [6, 6.07) is 18.6. The molecule has 3 aliphatic rings. The summed E-state index contributed by atoms with van der Waals surface area (Å²) in [6.07, 6.45) is 8.99. The Hall–Kier alpha value is -5.01. The number of likely N-dealkylation sites (tertiary alicyclic amines) is 1. The van der Waals surface area contributed by atoms with E-state index < -0.39 is 11.4 Å². The highest BCUT2D eigenvalue weighted by Crippen LogP contribution is 2.39. The molecule has 5 unspecified atom stereocenters. The Labute approximate surface area is 336 Å². The molecular formula is C44H60N8O5. The van der Waals surface area contributed by atoms with Crippen molar-refractivity contribution >= 4 is 29.2 Å². The summed E-state index contributed by atoms with van der Waals surface area (Å²) >= 11 is 0. The van der Waals surface area contributed by atoms with Gasteiger partial charge in [0.15, 0.2) is 6.29 Å². The summed E-state index contributed by atoms with van der Waals surface area (Å²) < 4.78 is 25.6. The maximum Gasteiger partial charge on any atom is 0.320 e. The lowest BCUT2D eigenvalue weighted by Gasteiger charge is -2.41. The lowest BCUT2D eigenvalue weighted by molar-refractivity contribution is -0.165. The number of amides is 2. The molecule has 6 rings (SSSR count). The number of urea groups is 1. The molecule has 2 saturated heterocycles. The van der Waals surface area contributed by atoms with Crippen LogP contribution in [0, 0.1) is 21.6 Å². The van der Waals surface area contributed by atoms with Crippen molar-refractivity contribution in [3.63, 3.8) is 0 Å². The molecule has 5 N–H and O–H groups in total. The number of aromatic nitrogens is 1. The molecule has 1 aliphatic carbocycles. The maximum atomic E-state index is 13.7. The largest absolute Gasteiger partial charge is 0.491 e. The molecule has 5 atom stereocenters. The highest BCUT2D eigenvalue weighted by atomic mass is 16.7. The fourth-order valence-corrected chi connectivity index (χ4v) is 7.73. The van der Waals surface area contributed by atoms with Gasteiger partial charge in [0.25, 0.3) is 0 Å². The highest BCUT2D eigenvalue weighted by molar-refractivity contribution is 6.09. The molecule has 0 saturated carbocycles. The molecule has 3 heterocycles. The predicted molar refractivity (Wildman–Crippen MR) is 222 cm³/mol. The number of piperidine rings is 1. The molecule has 0 spiro atoms. The SMILES string of the molecule is CC1CCCC(C)N1C(=N)n1cc(OC2CCC(NC(=O)NC(CC(=N)C(C)(C)C)=Nc3cccc(OCCOC4CCCCO4)c3)c3ccccc32)ccc1=N. The van der Waals surface area contributed by atoms with Gasteiger partial charge in [-0.1, -0.05) is 51.1 Å². The lowest BCUT2D eigenvalue weighted by atomic mass is 9.85. The van der Waals surface area contributed by atoms with Gasteiger partial charge in [0.2, 0.25) is 5.96 Å². The maximum absolute atomic E-state index is 13.7. The Kier molecular flexibility index (Phi) is 13.8. The van der Waals surface area contributed by atoms with Crippen LogP contribution in [0.3, 0.4) is 0 Å². The number of hydrogen-bond acceptors (Lipinski definition) is 9. The van der Waals surface area contributed by atoms with Crippen LogP contribution in [0.1, 0.15) is 116 Å². The number of hydrogen-bond donors (Lipinski definition) is 5. The van der Waals surface area contributed by atoms with Crippen molar-refractivity contribution in [3.8, 4) is 11.5 Å². The van der Waals surface area contributed by atoms with E-state index in [1.807, 2.05) is 69.3 Å². The van der Waals surface area contributed by atoms with Crippen LogP contribution in [0.4, 0.5) is 10.5 Å². The Balaban J connectivity index is 1.12. The Morgan fingerprint density at radius 3 is 2.40 bits per heavy atom. The number of rotatable bonds is 11. The van der Waals surface area contributed by atoms with Crippen LogP contribution in [0.2, 0.25) is 0 Å². The third kappa shape index (κ3) is 11.1. The van der Waals surface area contributed by atoms with Gasteiger partial charge >= 0.3 is 6.03 Å². The van der Waals surface area contributed by atoms with Crippen LogP contribution in [0.15, 0.2) is 71.9 Å². The smallest absolute Gasteiger partial charge is 0.320 e. The zero-order valence-corrected chi connectivity index (χ0v) is 34.1. The first-order chi connectivity index (χ1) is 27.4. The first-order valence-electron chi connectivity index (χ1n) is 20.4. The minimum atomic E-state index is -0.409. The molecule has 57 heavy (non-hydrogen) atoms. The molecule has 13 heteroatoms. The Bertz CT molecular complexity index is 1960. The second kappa shape index (κ2) is 19.0. The normalized spacial score (nSPS) is 22.6. The third-order valence-electron chi connectivity index (χ3n) is 11.0. The number of nitrogens with zero attached hydrogens (tertiary/aromatic N) is 3. The van der Waals surface area contributed by atoms with Gasteiger partial charge in [-0.25, -0.2) is 9.79 Å². The fraction of sp³-hybridized carbons (Fsp3) is 0.523. The van der Waals surface area contributed by atoms with Gasteiger partial charge in [0.05, 0.1) is 24.5 Å². The fourth-order valence-electron chi connectivity index (χ4n) is 7.73. The molecule has 2 aromatic carbocycles. The number of ether oxygens (including phenoxy) is 4. The molecule has 306 valence electrons. The summed E-state index contributed by atoms with van der Waals surface area (Å²) in [4.78, 5) is 20.6. The zero-order chi connectivity index (χ0) is 40.5. The minimum absolute atomic E-state index is 0.165. The molecule has 0 bridgehead atoms. The third-order valence-corrected chi connectivity index (χ3v) is 11.0. The highest BCUT2D eigenvalue weighted by Gasteiger charge is 2.31. The quantitative estimate of drug-likeness (QED) is 0.0744. The topological polar surface area (TPSA) is 170 Å². The van der Waals surface area contributed by atoms with E-state index in [1.165, 1.54) is 0 Å². The number of amidine groups is 1. The molecule has 0 radical (unpaired) electrons. The first kappa shape index (κ1) is 41.6. The minimum Gasteiger partial charge on any atom is -0.491 e. The molecule has 1 aromatic heterocycles. The van der Waals surface area contributed by atoms with Crippen molar-refractivity contribution in [2.24, 2.45) is 10.4 Å². The van der Waals surface area contributed by atoms with Crippen LogP contribution in [-0.2, 0) is 9.47 Å². The van der Waals surface area contributed by atoms with Crippen LogP contribution in [-0.4, -0.2) is 71.2 Å². The van der Waals surface area contributed by atoms with Gasteiger partial charge in [0.1, 0.15) is 35.5 Å². The number of fused-ring (bicyclic) bond motifs is 1. The molecule has 2 fully saturated rings. The number of benzene rings is 2. The molecule has 2 aliphatic heterocycles. The molecule has 13 nitrogen and oxygen atoms in total. The number of carbonyl (C=O) groups is 1. The van der Waals surface area contributed by atoms with Gasteiger partial charge in [-0.3, -0.25) is 20.7 Å². The molecule has 3 aromatic rings. The average molecular weight is 781 g/mol. The monoisotopic (exact) mass is 780 g/mol.